The number of rotatable bonds is 12. The van der Waals surface area contributed by atoms with Crippen molar-refractivity contribution >= 4 is 50.7 Å². The van der Waals surface area contributed by atoms with Crippen molar-refractivity contribution in [3.63, 3.8) is 0 Å². The fourth-order valence-electron chi connectivity index (χ4n) is 4.38. The summed E-state index contributed by atoms with van der Waals surface area (Å²) in [5.41, 5.74) is 2.84. The zero-order valence-electron chi connectivity index (χ0n) is 24.0. The Morgan fingerprint density at radius 3 is 2.07 bits per heavy atom. The number of nitrogens with one attached hydrogen (secondary N) is 1. The molecule has 7 nitrogen and oxygen atoms in total. The SMILES string of the molecule is CC[C@H](C)NC(=O)[C@H](CC)N(Cc1ccccc1C)C(=O)CN(c1cc(Cl)cc(Cl)c1)S(=O)(=O)c1ccc(C)cc1. The number of carbonyl (C=O) groups excluding carboxylic acids is 2. The van der Waals surface area contributed by atoms with Crippen molar-refractivity contribution in [3.8, 4) is 0 Å². The van der Waals surface area contributed by atoms with Crippen LogP contribution in [-0.4, -0.2) is 43.8 Å². The molecule has 0 bridgehead atoms. The van der Waals surface area contributed by atoms with Gasteiger partial charge in [0.25, 0.3) is 10.0 Å². The Balaban J connectivity index is 2.10. The summed E-state index contributed by atoms with van der Waals surface area (Å²) in [6, 6.07) is 17.4. The molecule has 41 heavy (non-hydrogen) atoms. The summed E-state index contributed by atoms with van der Waals surface area (Å²) in [6.45, 7) is 9.05. The number of aryl methyl sites for hydroxylation is 2. The van der Waals surface area contributed by atoms with Crippen LogP contribution in [0.25, 0.3) is 0 Å². The highest BCUT2D eigenvalue weighted by Crippen LogP contribution is 2.30. The standard InChI is InChI=1S/C31H37Cl2N3O4S/c1-6-23(5)34-31(38)29(7-2)35(19-24-11-9-8-10-22(24)4)30(37)20-36(27-17-25(32)16-26(33)18-27)41(39,40)28-14-12-21(3)13-15-28/h8-18,23,29H,6-7,19-20H2,1-5H3,(H,34,38)/t23-,29-/m0/s1. The lowest BCUT2D eigenvalue weighted by molar-refractivity contribution is -0.140. The third-order valence-corrected chi connectivity index (χ3v) is 9.24. The van der Waals surface area contributed by atoms with Crippen LogP contribution in [0.5, 0.6) is 0 Å². The van der Waals surface area contributed by atoms with Crippen molar-refractivity contribution in [2.75, 3.05) is 10.8 Å². The summed E-state index contributed by atoms with van der Waals surface area (Å²) >= 11 is 12.5. The molecule has 0 aliphatic heterocycles. The van der Waals surface area contributed by atoms with E-state index in [1.54, 1.807) is 12.1 Å². The predicted octanol–water partition coefficient (Wildman–Crippen LogP) is 6.53. The Bertz CT molecular complexity index is 1460. The molecule has 0 unspecified atom stereocenters. The van der Waals surface area contributed by atoms with E-state index in [1.807, 2.05) is 58.9 Å². The minimum atomic E-state index is -4.22. The van der Waals surface area contributed by atoms with Crippen LogP contribution in [0.1, 0.15) is 50.3 Å². The number of amides is 2. The van der Waals surface area contributed by atoms with Crippen molar-refractivity contribution in [1.29, 1.82) is 0 Å². The molecule has 0 aliphatic rings. The van der Waals surface area contributed by atoms with Crippen molar-refractivity contribution < 1.29 is 18.0 Å². The molecule has 2 amide bonds. The third kappa shape index (κ3) is 8.24. The summed E-state index contributed by atoms with van der Waals surface area (Å²) in [5, 5.41) is 3.42. The number of carbonyl (C=O) groups is 2. The molecule has 0 fully saturated rings. The number of sulfonamides is 1. The molecule has 0 spiro atoms. The molecule has 220 valence electrons. The first-order valence-electron chi connectivity index (χ1n) is 13.6. The molecule has 0 aromatic heterocycles. The van der Waals surface area contributed by atoms with Crippen LogP contribution in [-0.2, 0) is 26.2 Å². The minimum Gasteiger partial charge on any atom is -0.352 e. The number of nitrogens with zero attached hydrogens (tertiary/aromatic N) is 2. The first-order valence-corrected chi connectivity index (χ1v) is 15.8. The number of hydrogen-bond acceptors (Lipinski definition) is 4. The van der Waals surface area contributed by atoms with Crippen LogP contribution in [0.4, 0.5) is 5.69 Å². The smallest absolute Gasteiger partial charge is 0.264 e. The van der Waals surface area contributed by atoms with Gasteiger partial charge >= 0.3 is 0 Å². The first-order chi connectivity index (χ1) is 19.4. The molecular formula is C31H37Cl2N3O4S. The fraction of sp³-hybridized carbons (Fsp3) is 0.355. The zero-order chi connectivity index (χ0) is 30.3. The maximum atomic E-state index is 14.2. The van der Waals surface area contributed by atoms with E-state index >= 15 is 0 Å². The van der Waals surface area contributed by atoms with Gasteiger partial charge in [-0.1, -0.05) is 79.0 Å². The molecule has 3 aromatic rings. The van der Waals surface area contributed by atoms with Gasteiger partial charge in [-0.2, -0.15) is 0 Å². The van der Waals surface area contributed by atoms with Crippen molar-refractivity contribution in [1.82, 2.24) is 10.2 Å². The molecule has 10 heteroatoms. The highest BCUT2D eigenvalue weighted by molar-refractivity contribution is 7.92. The van der Waals surface area contributed by atoms with E-state index in [0.29, 0.717) is 6.42 Å². The highest BCUT2D eigenvalue weighted by Gasteiger charge is 2.34. The largest absolute Gasteiger partial charge is 0.352 e. The Kier molecular flexibility index (Phi) is 11.2. The molecular weight excluding hydrogens is 581 g/mol. The monoisotopic (exact) mass is 617 g/mol. The number of halogens is 2. The molecule has 0 saturated heterocycles. The van der Waals surface area contributed by atoms with Gasteiger partial charge in [0.1, 0.15) is 12.6 Å². The zero-order valence-corrected chi connectivity index (χ0v) is 26.4. The van der Waals surface area contributed by atoms with Crippen molar-refractivity contribution in [2.45, 2.75) is 71.0 Å². The topological polar surface area (TPSA) is 86.8 Å². The van der Waals surface area contributed by atoms with E-state index in [4.69, 9.17) is 23.2 Å². The van der Waals surface area contributed by atoms with Crippen LogP contribution < -0.4 is 9.62 Å². The normalized spacial score (nSPS) is 12.9. The van der Waals surface area contributed by atoms with E-state index in [1.165, 1.54) is 35.2 Å². The Labute approximate surface area is 253 Å². The molecule has 2 atom stereocenters. The summed E-state index contributed by atoms with van der Waals surface area (Å²) in [4.78, 5) is 29.0. The Morgan fingerprint density at radius 2 is 1.51 bits per heavy atom. The second-order valence-electron chi connectivity index (χ2n) is 10.1. The average molecular weight is 619 g/mol. The van der Waals surface area contributed by atoms with Crippen LogP contribution in [0, 0.1) is 13.8 Å². The second-order valence-corrected chi connectivity index (χ2v) is 12.9. The van der Waals surface area contributed by atoms with Gasteiger partial charge in [-0.3, -0.25) is 13.9 Å². The van der Waals surface area contributed by atoms with E-state index < -0.39 is 28.5 Å². The minimum absolute atomic E-state index is 0.0130. The molecule has 0 aliphatic carbocycles. The van der Waals surface area contributed by atoms with E-state index in [-0.39, 0.29) is 39.1 Å². The average Bonchev–Trinajstić information content (AvgIpc) is 2.92. The number of anilines is 1. The van der Waals surface area contributed by atoms with E-state index in [2.05, 4.69) is 5.32 Å². The summed E-state index contributed by atoms with van der Waals surface area (Å²) < 4.78 is 29.0. The van der Waals surface area contributed by atoms with Gasteiger partial charge in [0, 0.05) is 22.6 Å². The van der Waals surface area contributed by atoms with Gasteiger partial charge in [-0.25, -0.2) is 8.42 Å². The number of hydrogen-bond donors (Lipinski definition) is 1. The van der Waals surface area contributed by atoms with Gasteiger partial charge in [0.05, 0.1) is 10.6 Å². The lowest BCUT2D eigenvalue weighted by Crippen LogP contribution is -2.53. The van der Waals surface area contributed by atoms with Crippen molar-refractivity contribution in [3.05, 3.63) is 93.5 Å². The highest BCUT2D eigenvalue weighted by atomic mass is 35.5. The molecule has 0 radical (unpaired) electrons. The molecule has 3 aromatic carbocycles. The molecule has 3 rings (SSSR count). The van der Waals surface area contributed by atoms with E-state index in [9.17, 15) is 18.0 Å². The predicted molar refractivity (Wildman–Crippen MR) is 166 cm³/mol. The summed E-state index contributed by atoms with van der Waals surface area (Å²) in [5.74, 6) is -0.825. The van der Waals surface area contributed by atoms with Crippen LogP contribution >= 0.6 is 23.2 Å². The Morgan fingerprint density at radius 1 is 0.902 bits per heavy atom. The quantitative estimate of drug-likeness (QED) is 0.250. The van der Waals surface area contributed by atoms with Gasteiger partial charge in [0.2, 0.25) is 11.8 Å². The lowest BCUT2D eigenvalue weighted by Gasteiger charge is -2.34. The number of benzene rings is 3. The van der Waals surface area contributed by atoms with Crippen LogP contribution in [0.15, 0.2) is 71.6 Å². The molecule has 1 N–H and O–H groups in total. The van der Waals surface area contributed by atoms with Crippen molar-refractivity contribution in [2.24, 2.45) is 0 Å². The van der Waals surface area contributed by atoms with Gasteiger partial charge < -0.3 is 10.2 Å². The fourth-order valence-corrected chi connectivity index (χ4v) is 6.29. The van der Waals surface area contributed by atoms with E-state index in [0.717, 1.165) is 27.4 Å². The van der Waals surface area contributed by atoms with Gasteiger partial charge in [0.15, 0.2) is 0 Å². The summed E-state index contributed by atoms with van der Waals surface area (Å²) in [6.07, 6.45) is 1.07. The molecule has 0 heterocycles. The third-order valence-electron chi connectivity index (χ3n) is 7.01. The first kappa shape index (κ1) is 32.4. The van der Waals surface area contributed by atoms with Gasteiger partial charge in [-0.05, 0) is 75.1 Å². The maximum absolute atomic E-state index is 14.2. The summed E-state index contributed by atoms with van der Waals surface area (Å²) in [7, 11) is -4.22. The molecule has 0 saturated carbocycles. The lowest BCUT2D eigenvalue weighted by atomic mass is 10.1. The second kappa shape index (κ2) is 14.2. The van der Waals surface area contributed by atoms with Crippen LogP contribution in [0.2, 0.25) is 10.0 Å². The maximum Gasteiger partial charge on any atom is 0.264 e. The van der Waals surface area contributed by atoms with Gasteiger partial charge in [-0.15, -0.1) is 0 Å². The van der Waals surface area contributed by atoms with Crippen LogP contribution in [0.3, 0.4) is 0 Å². The Hall–Kier alpha value is -3.07.